The summed E-state index contributed by atoms with van der Waals surface area (Å²) >= 11 is 0. The molecule has 0 unspecified atom stereocenters. The predicted octanol–water partition coefficient (Wildman–Crippen LogP) is 3.05. The highest BCUT2D eigenvalue weighted by Gasteiger charge is 1.90. The van der Waals surface area contributed by atoms with Crippen molar-refractivity contribution in [2.24, 2.45) is 4.99 Å². The molecule has 1 rings (SSSR count). The molecule has 0 amide bonds. The van der Waals surface area contributed by atoms with E-state index in [1.54, 1.807) is 0 Å². The van der Waals surface area contributed by atoms with Crippen molar-refractivity contribution >= 4 is 6.21 Å². The predicted molar refractivity (Wildman–Crippen MR) is 47.8 cm³/mol. The molecule has 0 saturated carbocycles. The first kappa shape index (κ1) is 9.67. The lowest BCUT2D eigenvalue weighted by atomic mass is 10.1. The first-order chi connectivity index (χ1) is 5.00. The average molecular weight is 141 g/mol. The van der Waals surface area contributed by atoms with Gasteiger partial charge >= 0.3 is 0 Å². The molecule has 0 bridgehead atoms. The van der Waals surface area contributed by atoms with E-state index in [-0.39, 0.29) is 0 Å². The van der Waals surface area contributed by atoms with Gasteiger partial charge in [-0.2, -0.15) is 0 Å². The van der Waals surface area contributed by atoms with Gasteiger partial charge in [-0.25, -0.2) is 0 Å². The monoisotopic (exact) mass is 141 g/mol. The van der Waals surface area contributed by atoms with Crippen molar-refractivity contribution in [1.82, 2.24) is 0 Å². The molecule has 0 aromatic carbocycles. The Morgan fingerprint density at radius 3 is 2.50 bits per heavy atom. The van der Waals surface area contributed by atoms with Crippen LogP contribution in [0.5, 0.6) is 0 Å². The molecule has 0 N–H and O–H groups in total. The summed E-state index contributed by atoms with van der Waals surface area (Å²) in [5.74, 6) is 0. The average Bonchev–Trinajstić information content (AvgIpc) is 1.90. The van der Waals surface area contributed by atoms with Crippen LogP contribution in [0.4, 0.5) is 0 Å². The van der Waals surface area contributed by atoms with Crippen molar-refractivity contribution in [2.75, 3.05) is 6.54 Å². The highest BCUT2D eigenvalue weighted by Crippen LogP contribution is 2.04. The summed E-state index contributed by atoms with van der Waals surface area (Å²) in [7, 11) is 0. The van der Waals surface area contributed by atoms with Crippen LogP contribution < -0.4 is 0 Å². The Labute approximate surface area is 64.6 Å². The van der Waals surface area contributed by atoms with Gasteiger partial charge in [0.15, 0.2) is 0 Å². The van der Waals surface area contributed by atoms with Gasteiger partial charge < -0.3 is 0 Å². The second kappa shape index (κ2) is 8.67. The molecule has 0 aromatic rings. The van der Waals surface area contributed by atoms with Crippen molar-refractivity contribution in [1.29, 1.82) is 0 Å². The third-order valence-electron chi connectivity index (χ3n) is 1.50. The van der Waals surface area contributed by atoms with Crippen LogP contribution >= 0.6 is 0 Å². The van der Waals surface area contributed by atoms with Gasteiger partial charge in [-0.15, -0.1) is 0 Å². The summed E-state index contributed by atoms with van der Waals surface area (Å²) in [6.07, 6.45) is 8.72. The van der Waals surface area contributed by atoms with E-state index in [4.69, 9.17) is 0 Å². The summed E-state index contributed by atoms with van der Waals surface area (Å²) < 4.78 is 0. The minimum atomic E-state index is 1.07. The van der Waals surface area contributed by atoms with E-state index in [2.05, 4.69) is 11.2 Å². The van der Waals surface area contributed by atoms with E-state index in [0.29, 0.717) is 0 Å². The molecule has 0 saturated heterocycles. The summed E-state index contributed by atoms with van der Waals surface area (Å²) in [4.78, 5) is 4.21. The van der Waals surface area contributed by atoms with Crippen molar-refractivity contribution in [3.05, 3.63) is 0 Å². The maximum absolute atomic E-state index is 4.21. The van der Waals surface area contributed by atoms with E-state index >= 15 is 0 Å². The van der Waals surface area contributed by atoms with E-state index in [0.717, 1.165) is 6.54 Å². The van der Waals surface area contributed by atoms with Crippen LogP contribution in [-0.4, -0.2) is 12.8 Å². The Balaban J connectivity index is 0.000000371. The second-order valence-electron chi connectivity index (χ2n) is 2.29. The Morgan fingerprint density at radius 2 is 1.70 bits per heavy atom. The molecule has 0 atom stereocenters. The van der Waals surface area contributed by atoms with Crippen LogP contribution in [-0.2, 0) is 0 Å². The van der Waals surface area contributed by atoms with Crippen LogP contribution in [0.25, 0.3) is 0 Å². The zero-order chi connectivity index (χ0) is 7.66. The number of hydrogen-bond donors (Lipinski definition) is 0. The summed E-state index contributed by atoms with van der Waals surface area (Å²) in [6.45, 7) is 5.07. The first-order valence-electron chi connectivity index (χ1n) is 4.48. The molecule has 1 nitrogen and oxygen atoms in total. The Bertz CT molecular complexity index is 66.8. The molecule has 60 valence electrons. The summed E-state index contributed by atoms with van der Waals surface area (Å²) in [5.41, 5.74) is 0. The van der Waals surface area contributed by atoms with Gasteiger partial charge in [0.25, 0.3) is 0 Å². The first-order valence-corrected chi connectivity index (χ1v) is 4.48. The Kier molecular flexibility index (Phi) is 8.38. The normalized spacial score (nSPS) is 18.2. The lowest BCUT2D eigenvalue weighted by molar-refractivity contribution is 0.649. The zero-order valence-electron chi connectivity index (χ0n) is 7.27. The number of aliphatic imine (C=N–C) groups is 1. The second-order valence-corrected chi connectivity index (χ2v) is 2.29. The van der Waals surface area contributed by atoms with Crippen LogP contribution in [0.3, 0.4) is 0 Å². The topological polar surface area (TPSA) is 12.4 Å². The molecule has 1 heterocycles. The smallest absolute Gasteiger partial charge is 0.0385 e. The Morgan fingerprint density at radius 1 is 1.00 bits per heavy atom. The van der Waals surface area contributed by atoms with E-state index < -0.39 is 0 Å². The maximum Gasteiger partial charge on any atom is 0.0385 e. The van der Waals surface area contributed by atoms with Gasteiger partial charge in [0.05, 0.1) is 0 Å². The molecule has 0 fully saturated rings. The molecule has 0 aromatic heterocycles. The van der Waals surface area contributed by atoms with Crippen LogP contribution in [0.15, 0.2) is 4.99 Å². The highest BCUT2D eigenvalue weighted by molar-refractivity contribution is 5.56. The maximum atomic E-state index is 4.21. The molecule has 1 heteroatoms. The molecular formula is C9H19N. The van der Waals surface area contributed by atoms with Gasteiger partial charge in [-0.1, -0.05) is 26.7 Å². The zero-order valence-corrected chi connectivity index (χ0v) is 7.27. The van der Waals surface area contributed by atoms with Crippen molar-refractivity contribution < 1.29 is 0 Å². The van der Waals surface area contributed by atoms with Gasteiger partial charge in [0.1, 0.15) is 0 Å². The number of hydrogen-bond acceptors (Lipinski definition) is 1. The quantitative estimate of drug-likeness (QED) is 0.491. The number of nitrogens with zero attached hydrogens (tertiary/aromatic N) is 1. The van der Waals surface area contributed by atoms with Crippen molar-refractivity contribution in [3.8, 4) is 0 Å². The third-order valence-corrected chi connectivity index (χ3v) is 1.50. The summed E-state index contributed by atoms with van der Waals surface area (Å²) in [6, 6.07) is 0. The fourth-order valence-corrected chi connectivity index (χ4v) is 0.975. The lowest BCUT2D eigenvalue weighted by Crippen LogP contribution is -1.88. The van der Waals surface area contributed by atoms with Crippen LogP contribution in [0.2, 0.25) is 0 Å². The standard InChI is InChI=1S/C7H13N.C2H6/c1-2-4-6-8-7-5-3-1;1-2/h6H,1-5,7H2;1-2H3. The SMILES string of the molecule is C1=NCCCCCC1.CC. The molecule has 10 heavy (non-hydrogen) atoms. The van der Waals surface area contributed by atoms with Gasteiger partial charge in [-0.3, -0.25) is 4.99 Å². The van der Waals surface area contributed by atoms with Gasteiger partial charge in [0, 0.05) is 6.54 Å². The van der Waals surface area contributed by atoms with Crippen molar-refractivity contribution in [2.45, 2.75) is 46.0 Å². The number of rotatable bonds is 0. The lowest BCUT2D eigenvalue weighted by Gasteiger charge is -1.99. The molecular weight excluding hydrogens is 122 g/mol. The Hall–Kier alpha value is -0.330. The fraction of sp³-hybridized carbons (Fsp3) is 0.889. The minimum absolute atomic E-state index is 1.07. The molecule has 1 aliphatic heterocycles. The minimum Gasteiger partial charge on any atom is -0.298 e. The highest BCUT2D eigenvalue weighted by atomic mass is 14.7. The molecule has 0 radical (unpaired) electrons. The molecule has 0 spiro atoms. The van der Waals surface area contributed by atoms with E-state index in [1.165, 1.54) is 32.1 Å². The van der Waals surface area contributed by atoms with Gasteiger partial charge in [0.2, 0.25) is 0 Å². The van der Waals surface area contributed by atoms with Crippen LogP contribution in [0, 0.1) is 0 Å². The van der Waals surface area contributed by atoms with E-state index in [1.807, 2.05) is 13.8 Å². The van der Waals surface area contributed by atoms with E-state index in [9.17, 15) is 0 Å². The van der Waals surface area contributed by atoms with Gasteiger partial charge in [-0.05, 0) is 25.5 Å². The summed E-state index contributed by atoms with van der Waals surface area (Å²) in [5, 5.41) is 0. The fourth-order valence-electron chi connectivity index (χ4n) is 0.975. The largest absolute Gasteiger partial charge is 0.298 e. The third kappa shape index (κ3) is 5.80. The van der Waals surface area contributed by atoms with Crippen molar-refractivity contribution in [3.63, 3.8) is 0 Å². The molecule has 0 aliphatic carbocycles. The van der Waals surface area contributed by atoms with Crippen LogP contribution in [0.1, 0.15) is 46.0 Å². The molecule has 1 aliphatic rings.